The molecule has 0 spiro atoms. The molecule has 176 valence electrons. The van der Waals surface area contributed by atoms with Gasteiger partial charge in [-0.3, -0.25) is 4.79 Å². The number of pyridine rings is 1. The van der Waals surface area contributed by atoms with Crippen LogP contribution in [0.2, 0.25) is 0 Å². The molecule has 4 aromatic rings. The van der Waals surface area contributed by atoms with E-state index >= 15 is 0 Å². The smallest absolute Gasteiger partial charge is 0.337 e. The summed E-state index contributed by atoms with van der Waals surface area (Å²) in [5.41, 5.74) is 7.30. The molecule has 1 unspecified atom stereocenters. The lowest BCUT2D eigenvalue weighted by Crippen LogP contribution is -2.22. The molecule has 5 nitrogen and oxygen atoms in total. The molecule has 1 aliphatic carbocycles. The topological polar surface area (TPSA) is 71.3 Å². The van der Waals surface area contributed by atoms with E-state index in [1.165, 1.54) is 11.1 Å². The number of anilines is 1. The molecule has 5 heteroatoms. The zero-order valence-corrected chi connectivity index (χ0v) is 20.1. The number of allylic oxidation sites excluding steroid dienone is 1. The predicted octanol–water partition coefficient (Wildman–Crippen LogP) is 6.21. The summed E-state index contributed by atoms with van der Waals surface area (Å²) in [5, 5.41) is 14.5. The Balaban J connectivity index is 1.65. The van der Waals surface area contributed by atoms with Crippen LogP contribution in [0.4, 0.5) is 5.69 Å². The van der Waals surface area contributed by atoms with E-state index in [0.29, 0.717) is 11.1 Å². The van der Waals surface area contributed by atoms with Gasteiger partial charge in [0.25, 0.3) is 5.56 Å². The molecule has 0 aliphatic heterocycles. The van der Waals surface area contributed by atoms with Crippen LogP contribution in [-0.2, 0) is 13.5 Å². The summed E-state index contributed by atoms with van der Waals surface area (Å²) < 4.78 is 1.75. The van der Waals surface area contributed by atoms with Crippen molar-refractivity contribution < 1.29 is 9.90 Å². The number of carboxylic acid groups (broad SMARTS) is 1. The lowest BCUT2D eigenvalue weighted by Gasteiger charge is -2.22. The zero-order valence-electron chi connectivity index (χ0n) is 20.1. The average molecular weight is 465 g/mol. The van der Waals surface area contributed by atoms with E-state index < -0.39 is 5.97 Å². The second kappa shape index (κ2) is 8.91. The fourth-order valence-corrected chi connectivity index (χ4v) is 5.09. The Kier molecular flexibility index (Phi) is 5.77. The Morgan fingerprint density at radius 3 is 2.54 bits per heavy atom. The number of aromatic nitrogens is 1. The van der Waals surface area contributed by atoms with Crippen molar-refractivity contribution in [2.75, 3.05) is 5.32 Å². The maximum atomic E-state index is 13.5. The third-order valence-electron chi connectivity index (χ3n) is 6.91. The molecule has 0 radical (unpaired) electrons. The number of aromatic carboxylic acids is 1. The number of aryl methyl sites for hydroxylation is 2. The van der Waals surface area contributed by atoms with E-state index in [9.17, 15) is 14.7 Å². The minimum absolute atomic E-state index is 0.0275. The van der Waals surface area contributed by atoms with Gasteiger partial charge in [0, 0.05) is 29.9 Å². The molecule has 0 amide bonds. The number of rotatable bonds is 5. The lowest BCUT2D eigenvalue weighted by atomic mass is 9.89. The number of nitrogens with one attached hydrogen (secondary N) is 1. The fourth-order valence-electron chi connectivity index (χ4n) is 5.09. The molecule has 0 fully saturated rings. The van der Waals surface area contributed by atoms with Crippen molar-refractivity contribution in [3.8, 4) is 0 Å². The monoisotopic (exact) mass is 464 g/mol. The molecule has 1 aliphatic rings. The Bertz CT molecular complexity index is 1560. The molecule has 0 bridgehead atoms. The van der Waals surface area contributed by atoms with Gasteiger partial charge in [0.2, 0.25) is 0 Å². The van der Waals surface area contributed by atoms with E-state index in [4.69, 9.17) is 0 Å². The van der Waals surface area contributed by atoms with Crippen molar-refractivity contribution >= 4 is 34.1 Å². The number of fused-ring (bicyclic) bond motifs is 2. The third kappa shape index (κ3) is 4.14. The van der Waals surface area contributed by atoms with Crippen LogP contribution >= 0.6 is 0 Å². The van der Waals surface area contributed by atoms with Gasteiger partial charge in [0.1, 0.15) is 0 Å². The number of benzene rings is 3. The van der Waals surface area contributed by atoms with Crippen LogP contribution in [0.15, 0.2) is 71.5 Å². The first-order valence-corrected chi connectivity index (χ1v) is 11.9. The van der Waals surface area contributed by atoms with Gasteiger partial charge in [-0.1, -0.05) is 42.5 Å². The highest BCUT2D eigenvalue weighted by atomic mass is 16.4. The molecule has 35 heavy (non-hydrogen) atoms. The minimum atomic E-state index is -0.977. The largest absolute Gasteiger partial charge is 0.478 e. The number of nitrogens with zero attached hydrogens (tertiary/aromatic N) is 1. The molecular weight excluding hydrogens is 436 g/mol. The van der Waals surface area contributed by atoms with Gasteiger partial charge in [0.15, 0.2) is 0 Å². The van der Waals surface area contributed by atoms with E-state index in [1.807, 2.05) is 39.1 Å². The summed E-state index contributed by atoms with van der Waals surface area (Å²) >= 11 is 0. The second-order valence-corrected chi connectivity index (χ2v) is 9.29. The van der Waals surface area contributed by atoms with E-state index in [2.05, 4.69) is 41.7 Å². The first kappa shape index (κ1) is 22.7. The molecule has 2 N–H and O–H groups in total. The first-order valence-electron chi connectivity index (χ1n) is 11.9. The van der Waals surface area contributed by atoms with Crippen molar-refractivity contribution in [3.05, 3.63) is 111 Å². The average Bonchev–Trinajstić information content (AvgIpc) is 2.86. The number of hydrogen-bond acceptors (Lipinski definition) is 3. The summed E-state index contributed by atoms with van der Waals surface area (Å²) in [6.45, 7) is 3.98. The number of carbonyl (C=O) groups is 1. The second-order valence-electron chi connectivity index (χ2n) is 9.29. The predicted molar refractivity (Wildman–Crippen MR) is 142 cm³/mol. The van der Waals surface area contributed by atoms with E-state index in [-0.39, 0.29) is 17.2 Å². The van der Waals surface area contributed by atoms with Gasteiger partial charge in [-0.25, -0.2) is 4.79 Å². The van der Waals surface area contributed by atoms with Crippen LogP contribution in [0.25, 0.3) is 22.4 Å². The molecule has 1 aromatic heterocycles. The van der Waals surface area contributed by atoms with Gasteiger partial charge < -0.3 is 15.0 Å². The Labute approximate surface area is 204 Å². The van der Waals surface area contributed by atoms with Crippen molar-refractivity contribution in [2.24, 2.45) is 7.05 Å². The normalized spacial score (nSPS) is 13.7. The standard InChI is InChI=1S/C30H28N2O3/c1-18-14-24(19(2)31-27-11-7-6-10-23(27)30(34)35)25-17-28(32(3)29(33)26(25)15-18)22-13-12-20-8-4-5-9-21(20)16-22/h4-11,14-17,19,31H,12-13H2,1-3H3,(H,34,35). The zero-order chi connectivity index (χ0) is 24.7. The van der Waals surface area contributed by atoms with E-state index in [0.717, 1.165) is 40.6 Å². The quantitative estimate of drug-likeness (QED) is 0.369. The molecule has 0 saturated carbocycles. The fraction of sp³-hybridized carbons (Fsp3) is 0.200. The van der Waals surface area contributed by atoms with Crippen LogP contribution in [-0.4, -0.2) is 15.6 Å². The number of hydrogen-bond donors (Lipinski definition) is 2. The highest BCUT2D eigenvalue weighted by molar-refractivity contribution is 5.95. The molecule has 1 heterocycles. The SMILES string of the molecule is Cc1cc(C(C)Nc2ccccc2C(=O)O)c2cc(C3=Cc4ccccc4CC3)n(C)c(=O)c2c1. The van der Waals surface area contributed by atoms with Crippen molar-refractivity contribution in [2.45, 2.75) is 32.7 Å². The highest BCUT2D eigenvalue weighted by Crippen LogP contribution is 2.33. The molecule has 3 aromatic carbocycles. The van der Waals surface area contributed by atoms with Crippen molar-refractivity contribution in [3.63, 3.8) is 0 Å². The van der Waals surface area contributed by atoms with Crippen LogP contribution < -0.4 is 10.9 Å². The van der Waals surface area contributed by atoms with Crippen molar-refractivity contribution in [1.82, 2.24) is 4.57 Å². The van der Waals surface area contributed by atoms with Crippen LogP contribution in [0.5, 0.6) is 0 Å². The van der Waals surface area contributed by atoms with Gasteiger partial charge >= 0.3 is 5.97 Å². The Morgan fingerprint density at radius 2 is 1.74 bits per heavy atom. The summed E-state index contributed by atoms with van der Waals surface area (Å²) in [4.78, 5) is 25.2. The number of carboxylic acids is 1. The lowest BCUT2D eigenvalue weighted by molar-refractivity contribution is 0.0698. The third-order valence-corrected chi connectivity index (χ3v) is 6.91. The number of para-hydroxylation sites is 1. The molecule has 5 rings (SSSR count). The summed E-state index contributed by atoms with van der Waals surface area (Å²) in [6.07, 6.45) is 4.01. The van der Waals surface area contributed by atoms with Crippen LogP contribution in [0, 0.1) is 6.92 Å². The first-order chi connectivity index (χ1) is 16.8. The summed E-state index contributed by atoms with van der Waals surface area (Å²) in [6, 6.07) is 21.2. The maximum absolute atomic E-state index is 13.5. The van der Waals surface area contributed by atoms with Gasteiger partial charge in [-0.15, -0.1) is 0 Å². The molecule has 0 saturated heterocycles. The Morgan fingerprint density at radius 1 is 1.00 bits per heavy atom. The van der Waals surface area contributed by atoms with Crippen LogP contribution in [0.3, 0.4) is 0 Å². The van der Waals surface area contributed by atoms with Gasteiger partial charge in [-0.2, -0.15) is 0 Å². The minimum Gasteiger partial charge on any atom is -0.478 e. The van der Waals surface area contributed by atoms with Crippen LogP contribution in [0.1, 0.15) is 57.7 Å². The molecule has 1 atom stereocenters. The Hall–Kier alpha value is -4.12. The van der Waals surface area contributed by atoms with E-state index in [1.54, 1.807) is 22.8 Å². The van der Waals surface area contributed by atoms with Gasteiger partial charge in [0.05, 0.1) is 5.56 Å². The molecular formula is C30H28N2O3. The highest BCUT2D eigenvalue weighted by Gasteiger charge is 2.20. The summed E-state index contributed by atoms with van der Waals surface area (Å²) in [5.74, 6) is -0.977. The summed E-state index contributed by atoms with van der Waals surface area (Å²) in [7, 11) is 1.84. The maximum Gasteiger partial charge on any atom is 0.337 e. The van der Waals surface area contributed by atoms with Gasteiger partial charge in [-0.05, 0) is 90.2 Å². The van der Waals surface area contributed by atoms with Crippen molar-refractivity contribution in [1.29, 1.82) is 0 Å².